The number of aromatic amines is 1. The van der Waals surface area contributed by atoms with Crippen LogP contribution in [0.5, 0.6) is 11.5 Å². The van der Waals surface area contributed by atoms with Gasteiger partial charge in [-0.25, -0.2) is 4.98 Å². The number of rotatable bonds is 13. The Morgan fingerprint density at radius 3 is 2.51 bits per heavy atom. The van der Waals surface area contributed by atoms with Gasteiger partial charge in [-0.2, -0.15) is 0 Å². The van der Waals surface area contributed by atoms with E-state index in [-0.39, 0.29) is 23.7 Å². The summed E-state index contributed by atoms with van der Waals surface area (Å²) < 4.78 is 9.35. The molecule has 13 heteroatoms. The Balaban J connectivity index is 0.905. The van der Waals surface area contributed by atoms with E-state index in [9.17, 15) is 14.9 Å². The fourth-order valence-electron chi connectivity index (χ4n) is 10.3. The SMILES string of the molecule is CC#CC(c1ccccc1)N1CCN(C2CC3(CCN(c4ccc(C(=O)NSc5ccc(NC)c([N+](=O)[O-])c5)c(Oc5cnc6[nH]ccc6c5)c4)CC3)C2)C(c2ccccc2C(C)C)C1. The summed E-state index contributed by atoms with van der Waals surface area (Å²) in [5, 5.41) is 15.4. The van der Waals surface area contributed by atoms with Crippen LogP contribution in [-0.2, 0) is 0 Å². The van der Waals surface area contributed by atoms with Crippen LogP contribution in [0.25, 0.3) is 11.0 Å². The molecule has 2 aromatic heterocycles. The van der Waals surface area contributed by atoms with E-state index in [1.54, 1.807) is 25.4 Å². The zero-order valence-electron chi connectivity index (χ0n) is 37.4. The first-order valence-electron chi connectivity index (χ1n) is 22.6. The molecule has 6 aromatic rings. The normalized spacial score (nSPS) is 18.2. The number of ether oxygens (including phenoxy) is 1. The van der Waals surface area contributed by atoms with E-state index in [0.29, 0.717) is 45.0 Å². The molecule has 1 spiro atoms. The van der Waals surface area contributed by atoms with Crippen LogP contribution >= 0.6 is 11.9 Å². The highest BCUT2D eigenvalue weighted by Gasteiger charge is 2.50. The van der Waals surface area contributed by atoms with Crippen LogP contribution in [0.15, 0.2) is 120 Å². The average Bonchev–Trinajstić information content (AvgIpc) is 3.80. The molecule has 2 saturated heterocycles. The van der Waals surface area contributed by atoms with Crippen molar-refractivity contribution in [3.05, 3.63) is 148 Å². The number of carbonyl (C=O) groups is 1. The van der Waals surface area contributed by atoms with Crippen LogP contribution in [-0.4, -0.2) is 76.4 Å². The minimum Gasteiger partial charge on any atom is -0.455 e. The predicted molar refractivity (Wildman–Crippen MR) is 260 cm³/mol. The van der Waals surface area contributed by atoms with Crippen molar-refractivity contribution in [2.45, 2.75) is 75.4 Å². The highest BCUT2D eigenvalue weighted by molar-refractivity contribution is 7.98. The Morgan fingerprint density at radius 2 is 1.75 bits per heavy atom. The van der Waals surface area contributed by atoms with Gasteiger partial charge >= 0.3 is 0 Å². The summed E-state index contributed by atoms with van der Waals surface area (Å²) in [5.41, 5.74) is 6.85. The van der Waals surface area contributed by atoms with Gasteiger partial charge in [-0.1, -0.05) is 74.4 Å². The maximum absolute atomic E-state index is 13.8. The quantitative estimate of drug-likeness (QED) is 0.0446. The molecule has 3 fully saturated rings. The van der Waals surface area contributed by atoms with Gasteiger partial charge in [-0.15, -0.1) is 5.92 Å². The summed E-state index contributed by atoms with van der Waals surface area (Å²) in [7, 11) is 1.63. The maximum Gasteiger partial charge on any atom is 0.293 e. The van der Waals surface area contributed by atoms with Gasteiger partial charge in [0.05, 0.1) is 22.7 Å². The molecule has 4 heterocycles. The van der Waals surface area contributed by atoms with Crippen LogP contribution in [0.3, 0.4) is 0 Å². The first kappa shape index (κ1) is 43.9. The van der Waals surface area contributed by atoms with Crippen LogP contribution in [0.2, 0.25) is 0 Å². The average molecular weight is 889 g/mol. The third kappa shape index (κ3) is 9.29. The Hall–Kier alpha value is -6.33. The number of piperazine rings is 1. The van der Waals surface area contributed by atoms with Gasteiger partial charge < -0.3 is 19.9 Å². The molecule has 1 aliphatic carbocycles. The van der Waals surface area contributed by atoms with Crippen LogP contribution in [0.4, 0.5) is 17.1 Å². The van der Waals surface area contributed by atoms with Crippen molar-refractivity contribution in [2.24, 2.45) is 5.41 Å². The van der Waals surface area contributed by atoms with Crippen molar-refractivity contribution in [3.8, 4) is 23.3 Å². The van der Waals surface area contributed by atoms with Gasteiger partial charge in [-0.05, 0) is 109 Å². The topological polar surface area (TPSA) is 132 Å². The molecule has 3 aliphatic rings. The van der Waals surface area contributed by atoms with E-state index in [2.05, 4.69) is 115 Å². The first-order valence-corrected chi connectivity index (χ1v) is 23.4. The van der Waals surface area contributed by atoms with E-state index in [1.807, 2.05) is 43.5 Å². The second-order valence-corrected chi connectivity index (χ2v) is 18.8. The summed E-state index contributed by atoms with van der Waals surface area (Å²) in [6, 6.07) is 35.1. The van der Waals surface area contributed by atoms with Gasteiger partial charge in [0.25, 0.3) is 11.6 Å². The smallest absolute Gasteiger partial charge is 0.293 e. The summed E-state index contributed by atoms with van der Waals surface area (Å²) in [4.78, 5) is 41.1. The fourth-order valence-corrected chi connectivity index (χ4v) is 10.9. The van der Waals surface area contributed by atoms with Crippen molar-refractivity contribution in [3.63, 3.8) is 0 Å². The second-order valence-electron chi connectivity index (χ2n) is 17.9. The first-order chi connectivity index (χ1) is 31.6. The lowest BCUT2D eigenvalue weighted by atomic mass is 9.59. The zero-order valence-corrected chi connectivity index (χ0v) is 38.2. The Morgan fingerprint density at radius 1 is 0.969 bits per heavy atom. The van der Waals surface area contributed by atoms with Crippen LogP contribution < -0.4 is 19.7 Å². The monoisotopic (exact) mass is 888 g/mol. The largest absolute Gasteiger partial charge is 0.455 e. The number of nitrogens with zero attached hydrogens (tertiary/aromatic N) is 5. The number of anilines is 2. The van der Waals surface area contributed by atoms with Crippen molar-refractivity contribution in [2.75, 3.05) is 50.0 Å². The molecule has 12 nitrogen and oxygen atoms in total. The molecular weight excluding hydrogens is 833 g/mol. The fraction of sp³-hybridized carbons (Fsp3) is 0.346. The summed E-state index contributed by atoms with van der Waals surface area (Å²) in [6.07, 6.45) is 8.06. The predicted octanol–water partition coefficient (Wildman–Crippen LogP) is 10.7. The number of benzene rings is 4. The number of aromatic nitrogens is 2. The number of hydrogen-bond acceptors (Lipinski definition) is 10. The van der Waals surface area contributed by atoms with Gasteiger partial charge in [0.15, 0.2) is 0 Å². The van der Waals surface area contributed by atoms with E-state index >= 15 is 0 Å². The number of carbonyl (C=O) groups excluding carboxylic acids is 1. The summed E-state index contributed by atoms with van der Waals surface area (Å²) in [6.45, 7) is 11.3. The van der Waals surface area contributed by atoms with Crippen molar-refractivity contribution >= 4 is 46.0 Å². The second kappa shape index (κ2) is 19.0. The van der Waals surface area contributed by atoms with Gasteiger partial charge in [0.2, 0.25) is 0 Å². The summed E-state index contributed by atoms with van der Waals surface area (Å²) in [5.74, 6) is 7.78. The molecule has 3 N–H and O–H groups in total. The molecule has 4 aromatic carbocycles. The molecule has 334 valence electrons. The third-order valence-corrected chi connectivity index (χ3v) is 14.5. The Bertz CT molecular complexity index is 2730. The zero-order chi connectivity index (χ0) is 45.1. The number of piperidine rings is 1. The molecule has 2 unspecified atom stereocenters. The lowest BCUT2D eigenvalue weighted by molar-refractivity contribution is -0.384. The van der Waals surface area contributed by atoms with Crippen molar-refractivity contribution in [1.82, 2.24) is 24.5 Å². The number of nitro benzene ring substituents is 1. The number of hydrogen-bond donors (Lipinski definition) is 3. The van der Waals surface area contributed by atoms with Crippen LogP contribution in [0.1, 0.15) is 91.5 Å². The van der Waals surface area contributed by atoms with Crippen LogP contribution in [0, 0.1) is 27.4 Å². The van der Waals surface area contributed by atoms with Gasteiger partial charge in [0, 0.05) is 86.2 Å². The molecule has 65 heavy (non-hydrogen) atoms. The molecular formula is C52H56N8O4S. The van der Waals surface area contributed by atoms with E-state index in [0.717, 1.165) is 74.2 Å². The standard InChI is InChI=1S/C52H56N8O4S/c1-5-11-46(36-12-7-6-8-13-36)58-26-27-59(48(34-58)43-15-10-9-14-42(43)35(2)3)39-31-52(32-39)21-24-57(25-22-52)38-16-18-44(49(29-38)64-40-28-37-20-23-54-50(37)55-33-40)51(61)56-65-41-17-19-45(53-4)47(30-41)60(62)63/h6-10,12-20,23,28-30,33,35,39,46,48,53H,21-22,24-27,31-32,34H2,1-4H3,(H,54,55)(H,56,61). The number of pyridine rings is 1. The van der Waals surface area contributed by atoms with E-state index in [1.165, 1.54) is 35.6 Å². The molecule has 1 amide bonds. The molecule has 9 rings (SSSR count). The maximum atomic E-state index is 13.8. The lowest BCUT2D eigenvalue weighted by Crippen LogP contribution is -2.60. The van der Waals surface area contributed by atoms with Crippen molar-refractivity contribution in [1.29, 1.82) is 0 Å². The Kier molecular flexibility index (Phi) is 12.8. The minimum absolute atomic E-state index is 0.0643. The highest BCUT2D eigenvalue weighted by Crippen LogP contribution is 2.53. The third-order valence-electron chi connectivity index (χ3n) is 13.7. The molecule has 1 saturated carbocycles. The minimum atomic E-state index is -0.444. The molecule has 2 atom stereocenters. The van der Waals surface area contributed by atoms with E-state index < -0.39 is 4.92 Å². The van der Waals surface area contributed by atoms with Gasteiger partial charge in [0.1, 0.15) is 22.8 Å². The highest BCUT2D eigenvalue weighted by atomic mass is 32.2. The molecule has 2 aliphatic heterocycles. The number of nitrogens with one attached hydrogen (secondary N) is 3. The number of amides is 1. The summed E-state index contributed by atoms with van der Waals surface area (Å²) >= 11 is 1.02. The lowest BCUT2D eigenvalue weighted by Gasteiger charge is -2.58. The molecule has 0 radical (unpaired) electrons. The number of fused-ring (bicyclic) bond motifs is 1. The Labute approximate surface area is 385 Å². The van der Waals surface area contributed by atoms with Gasteiger partial charge in [-0.3, -0.25) is 29.4 Å². The number of nitro groups is 1. The van der Waals surface area contributed by atoms with E-state index in [4.69, 9.17) is 4.74 Å². The van der Waals surface area contributed by atoms with Crippen molar-refractivity contribution < 1.29 is 14.5 Å². The molecule has 0 bridgehead atoms. The number of H-pyrrole nitrogens is 1.